The zero-order valence-electron chi connectivity index (χ0n) is 32.4. The fourth-order valence-electron chi connectivity index (χ4n) is 10.1. The molecular weight excluding hydrogens is 677 g/mol. The summed E-state index contributed by atoms with van der Waals surface area (Å²) in [5.41, 5.74) is 19.1. The Labute approximate surface area is 329 Å². The predicted molar refractivity (Wildman–Crippen MR) is 236 cm³/mol. The first kappa shape index (κ1) is 33.0. The van der Waals surface area contributed by atoms with Gasteiger partial charge < -0.3 is 9.47 Å². The van der Waals surface area contributed by atoms with Crippen LogP contribution in [-0.4, -0.2) is 4.57 Å². The van der Waals surface area contributed by atoms with E-state index in [2.05, 4.69) is 213 Å². The summed E-state index contributed by atoms with van der Waals surface area (Å²) in [4.78, 5) is 2.38. The van der Waals surface area contributed by atoms with Gasteiger partial charge in [-0.1, -0.05) is 137 Å². The molecular formula is C54H44N2. The second-order valence-corrected chi connectivity index (χ2v) is 17.0. The Bertz CT molecular complexity index is 2880. The predicted octanol–water partition coefficient (Wildman–Crippen LogP) is 14.5. The highest BCUT2D eigenvalue weighted by Gasteiger charge is 2.42. The molecule has 11 rings (SSSR count). The van der Waals surface area contributed by atoms with Gasteiger partial charge >= 0.3 is 0 Å². The van der Waals surface area contributed by atoms with Crippen molar-refractivity contribution in [3.63, 3.8) is 0 Å². The summed E-state index contributed by atoms with van der Waals surface area (Å²) < 4.78 is 2.60. The average molecular weight is 721 g/mol. The van der Waals surface area contributed by atoms with Crippen molar-refractivity contribution in [3.05, 3.63) is 204 Å². The molecule has 0 fully saturated rings. The molecule has 270 valence electrons. The average Bonchev–Trinajstić information content (AvgIpc) is 3.68. The fraction of sp³-hybridized carbons (Fsp3) is 0.148. The van der Waals surface area contributed by atoms with Crippen molar-refractivity contribution in [2.45, 2.75) is 50.9 Å². The quantitative estimate of drug-likeness (QED) is 0.172. The van der Waals surface area contributed by atoms with Crippen LogP contribution in [0, 0.1) is 0 Å². The number of rotatable bonds is 5. The first-order valence-corrected chi connectivity index (χ1v) is 20.0. The highest BCUT2D eigenvalue weighted by Crippen LogP contribution is 2.56. The van der Waals surface area contributed by atoms with Crippen LogP contribution in [0.15, 0.2) is 176 Å². The van der Waals surface area contributed by atoms with Crippen molar-refractivity contribution in [1.29, 1.82) is 0 Å². The minimum absolute atomic E-state index is 0.202. The molecule has 56 heavy (non-hydrogen) atoms. The van der Waals surface area contributed by atoms with Crippen LogP contribution >= 0.6 is 0 Å². The summed E-state index contributed by atoms with van der Waals surface area (Å²) in [5, 5.41) is 2.67. The third kappa shape index (κ3) is 4.75. The van der Waals surface area contributed by atoms with Crippen LogP contribution in [-0.2, 0) is 10.8 Å². The Morgan fingerprint density at radius 1 is 0.518 bits per heavy atom. The molecule has 1 aromatic heterocycles. The maximum Gasteiger partial charge on any atom is 0.0582 e. The maximum atomic E-state index is 2.60. The van der Waals surface area contributed by atoms with E-state index in [9.17, 15) is 0 Å². The standard InChI is InChI=1S/C54H44N2/c1-53(2)46-32-41(55(39-21-13-7-14-22-39)40-23-15-8-16-24-40)26-27-42(46)43-33-48-51(34-47(43)53)56-50-28-25-37(35-17-9-5-10-18-35)29-44(50)45-30-38(36-19-11-6-12-20-36)31-49(52(45)56)54(48,3)4/h5-19,21-34,36H,20H2,1-4H3. The molecule has 0 bridgehead atoms. The maximum absolute atomic E-state index is 2.60. The topological polar surface area (TPSA) is 8.17 Å². The second-order valence-electron chi connectivity index (χ2n) is 17.0. The van der Waals surface area contributed by atoms with E-state index in [1.807, 2.05) is 0 Å². The lowest BCUT2D eigenvalue weighted by Gasteiger charge is -2.36. The monoisotopic (exact) mass is 720 g/mol. The first-order chi connectivity index (χ1) is 27.3. The Kier molecular flexibility index (Phi) is 7.11. The summed E-state index contributed by atoms with van der Waals surface area (Å²) in [6.07, 6.45) is 10.1. The molecule has 2 heteroatoms. The number of allylic oxidation sites excluding steroid dienone is 4. The van der Waals surface area contributed by atoms with Crippen molar-refractivity contribution < 1.29 is 0 Å². The Morgan fingerprint density at radius 3 is 1.89 bits per heavy atom. The Balaban J connectivity index is 1.14. The zero-order chi connectivity index (χ0) is 37.8. The second kappa shape index (κ2) is 12.1. The lowest BCUT2D eigenvalue weighted by Crippen LogP contribution is -2.27. The van der Waals surface area contributed by atoms with Crippen LogP contribution < -0.4 is 4.90 Å². The molecule has 3 aliphatic rings. The summed E-state index contributed by atoms with van der Waals surface area (Å²) >= 11 is 0. The highest BCUT2D eigenvalue weighted by molar-refractivity contribution is 6.13. The van der Waals surface area contributed by atoms with Gasteiger partial charge in [0.1, 0.15) is 0 Å². The Morgan fingerprint density at radius 2 is 1.20 bits per heavy atom. The van der Waals surface area contributed by atoms with Gasteiger partial charge in [0, 0.05) is 44.6 Å². The summed E-state index contributed by atoms with van der Waals surface area (Å²) in [7, 11) is 0. The molecule has 1 aliphatic heterocycles. The van der Waals surface area contributed by atoms with Gasteiger partial charge in [-0.25, -0.2) is 0 Å². The molecule has 2 nitrogen and oxygen atoms in total. The molecule has 0 amide bonds. The van der Waals surface area contributed by atoms with Gasteiger partial charge in [-0.2, -0.15) is 0 Å². The third-order valence-electron chi connectivity index (χ3n) is 13.0. The van der Waals surface area contributed by atoms with Gasteiger partial charge in [0.05, 0.1) is 16.7 Å². The lowest BCUT2D eigenvalue weighted by molar-refractivity contribution is 0.623. The first-order valence-electron chi connectivity index (χ1n) is 20.0. The van der Waals surface area contributed by atoms with Gasteiger partial charge in [-0.15, -0.1) is 0 Å². The lowest BCUT2D eigenvalue weighted by atomic mass is 9.72. The Hall–Kier alpha value is -6.38. The molecule has 0 spiro atoms. The number of benzene rings is 7. The van der Waals surface area contributed by atoms with E-state index in [1.54, 1.807) is 0 Å². The van der Waals surface area contributed by atoms with Gasteiger partial charge in [-0.3, -0.25) is 0 Å². The van der Waals surface area contributed by atoms with Crippen LogP contribution in [0.1, 0.15) is 67.9 Å². The van der Waals surface area contributed by atoms with E-state index in [4.69, 9.17) is 0 Å². The smallest absolute Gasteiger partial charge is 0.0582 e. The normalized spacial score (nSPS) is 16.8. The number of hydrogen-bond donors (Lipinski definition) is 0. The number of fused-ring (bicyclic) bond motifs is 8. The largest absolute Gasteiger partial charge is 0.310 e. The number of aromatic nitrogens is 1. The molecule has 7 aromatic carbocycles. The molecule has 2 aliphatic carbocycles. The van der Waals surface area contributed by atoms with E-state index < -0.39 is 0 Å². The van der Waals surface area contributed by atoms with Gasteiger partial charge in [-0.05, 0) is 123 Å². The van der Waals surface area contributed by atoms with Crippen LogP contribution in [0.3, 0.4) is 0 Å². The van der Waals surface area contributed by atoms with E-state index in [-0.39, 0.29) is 10.8 Å². The van der Waals surface area contributed by atoms with Crippen molar-refractivity contribution in [3.8, 4) is 27.9 Å². The minimum atomic E-state index is -0.219. The number of hydrogen-bond acceptors (Lipinski definition) is 1. The van der Waals surface area contributed by atoms with E-state index in [0.29, 0.717) is 5.92 Å². The summed E-state index contributed by atoms with van der Waals surface area (Å²) in [6, 6.07) is 56.7. The minimum Gasteiger partial charge on any atom is -0.310 e. The third-order valence-corrected chi connectivity index (χ3v) is 13.0. The number of para-hydroxylation sites is 2. The molecule has 0 saturated carbocycles. The molecule has 8 aromatic rings. The number of nitrogens with zero attached hydrogens (tertiary/aromatic N) is 2. The van der Waals surface area contributed by atoms with Gasteiger partial charge in [0.15, 0.2) is 0 Å². The molecule has 0 saturated heterocycles. The SMILES string of the molecule is CC1(C)c2cc(N(c3ccccc3)c3ccccc3)ccc2-c2cc3c(cc21)-n1c2ccc(-c4ccccc4)cc2c2cc(C4C=CC=CC4)cc(c21)C3(C)C. The van der Waals surface area contributed by atoms with Crippen molar-refractivity contribution in [2.75, 3.05) is 4.90 Å². The van der Waals surface area contributed by atoms with Gasteiger partial charge in [0.2, 0.25) is 0 Å². The van der Waals surface area contributed by atoms with Gasteiger partial charge in [0.25, 0.3) is 0 Å². The summed E-state index contributed by atoms with van der Waals surface area (Å²) in [5.74, 6) is 0.363. The van der Waals surface area contributed by atoms with Crippen LogP contribution in [0.4, 0.5) is 17.1 Å². The highest BCUT2D eigenvalue weighted by atomic mass is 15.1. The molecule has 0 N–H and O–H groups in total. The van der Waals surface area contributed by atoms with Crippen molar-refractivity contribution in [2.24, 2.45) is 0 Å². The van der Waals surface area contributed by atoms with Crippen LogP contribution in [0.25, 0.3) is 49.7 Å². The molecule has 1 unspecified atom stereocenters. The molecule has 1 atom stereocenters. The summed E-state index contributed by atoms with van der Waals surface area (Å²) in [6.45, 7) is 9.73. The van der Waals surface area contributed by atoms with E-state index in [0.717, 1.165) is 17.8 Å². The zero-order valence-corrected chi connectivity index (χ0v) is 32.4. The van der Waals surface area contributed by atoms with Crippen LogP contribution in [0.2, 0.25) is 0 Å². The van der Waals surface area contributed by atoms with Crippen molar-refractivity contribution in [1.82, 2.24) is 4.57 Å². The number of anilines is 3. The molecule has 0 radical (unpaired) electrons. The van der Waals surface area contributed by atoms with Crippen LogP contribution in [0.5, 0.6) is 0 Å². The molecule has 2 heterocycles. The van der Waals surface area contributed by atoms with Crippen molar-refractivity contribution >= 4 is 38.9 Å². The van der Waals surface area contributed by atoms with E-state index in [1.165, 1.54) is 83.3 Å². The van der Waals surface area contributed by atoms with E-state index >= 15 is 0 Å². The fourth-order valence-corrected chi connectivity index (χ4v) is 10.1.